The standard InChI is InChI=1S/C16H20N2O/c1-17-7-8-18-10-14-12(5-6-15(14)19)13-4-2-3-11(9-17)16(13)18/h2-4,12,14H,5-10H2,1H3. The van der Waals surface area contributed by atoms with Gasteiger partial charge in [0.1, 0.15) is 5.78 Å². The highest BCUT2D eigenvalue weighted by atomic mass is 16.1. The molecule has 0 amide bonds. The third-order valence-corrected chi connectivity index (χ3v) is 5.08. The highest BCUT2D eigenvalue weighted by molar-refractivity contribution is 5.87. The Kier molecular flexibility index (Phi) is 2.46. The molecule has 1 aromatic rings. The van der Waals surface area contributed by atoms with E-state index < -0.39 is 0 Å². The fourth-order valence-electron chi connectivity index (χ4n) is 4.13. The molecule has 2 unspecified atom stereocenters. The molecule has 0 spiro atoms. The molecule has 2 aliphatic heterocycles. The highest BCUT2D eigenvalue weighted by Gasteiger charge is 2.42. The van der Waals surface area contributed by atoms with Crippen LogP contribution in [0.3, 0.4) is 0 Å². The number of carbonyl (C=O) groups is 1. The molecule has 3 nitrogen and oxygen atoms in total. The molecule has 2 atom stereocenters. The van der Waals surface area contributed by atoms with Gasteiger partial charge in [-0.05, 0) is 30.5 Å². The molecule has 1 aliphatic carbocycles. The summed E-state index contributed by atoms with van der Waals surface area (Å²) in [6.07, 6.45) is 1.84. The third kappa shape index (κ3) is 1.64. The summed E-state index contributed by atoms with van der Waals surface area (Å²) < 4.78 is 0. The molecule has 19 heavy (non-hydrogen) atoms. The van der Waals surface area contributed by atoms with E-state index >= 15 is 0 Å². The van der Waals surface area contributed by atoms with Crippen molar-refractivity contribution in [3.8, 4) is 0 Å². The van der Waals surface area contributed by atoms with E-state index in [0.717, 1.165) is 39.0 Å². The zero-order valence-corrected chi connectivity index (χ0v) is 11.4. The zero-order chi connectivity index (χ0) is 13.0. The Morgan fingerprint density at radius 2 is 2.11 bits per heavy atom. The molecule has 0 saturated heterocycles. The normalized spacial score (nSPS) is 29.9. The Labute approximate surface area is 114 Å². The molecule has 0 N–H and O–H groups in total. The molecule has 0 aromatic heterocycles. The SMILES string of the molecule is CN1CCN2CC3C(=O)CCC3c3cccc(c32)C1. The van der Waals surface area contributed by atoms with Crippen molar-refractivity contribution in [1.29, 1.82) is 0 Å². The zero-order valence-electron chi connectivity index (χ0n) is 11.4. The van der Waals surface area contributed by atoms with E-state index in [-0.39, 0.29) is 5.92 Å². The molecule has 0 bridgehead atoms. The van der Waals surface area contributed by atoms with Crippen LogP contribution in [0, 0.1) is 5.92 Å². The molecule has 2 heterocycles. The second-order valence-electron chi connectivity index (χ2n) is 6.26. The van der Waals surface area contributed by atoms with Crippen molar-refractivity contribution in [2.24, 2.45) is 5.92 Å². The van der Waals surface area contributed by atoms with Crippen molar-refractivity contribution in [1.82, 2.24) is 4.90 Å². The first-order valence-electron chi connectivity index (χ1n) is 7.32. The molecule has 3 heteroatoms. The Morgan fingerprint density at radius 3 is 3.00 bits per heavy atom. The first kappa shape index (κ1) is 11.5. The fraction of sp³-hybridized carbons (Fsp3) is 0.562. The van der Waals surface area contributed by atoms with Crippen LogP contribution >= 0.6 is 0 Å². The van der Waals surface area contributed by atoms with Gasteiger partial charge in [0.15, 0.2) is 0 Å². The van der Waals surface area contributed by atoms with Crippen LogP contribution in [-0.2, 0) is 11.3 Å². The van der Waals surface area contributed by atoms with Crippen molar-refractivity contribution in [3.05, 3.63) is 29.3 Å². The largest absolute Gasteiger partial charge is 0.369 e. The summed E-state index contributed by atoms with van der Waals surface area (Å²) in [6, 6.07) is 6.69. The summed E-state index contributed by atoms with van der Waals surface area (Å²) in [4.78, 5) is 16.9. The number of hydrogen-bond acceptors (Lipinski definition) is 3. The number of carbonyl (C=O) groups excluding carboxylic acids is 1. The minimum absolute atomic E-state index is 0.256. The number of para-hydroxylation sites is 1. The highest BCUT2D eigenvalue weighted by Crippen LogP contribution is 2.47. The van der Waals surface area contributed by atoms with Crippen molar-refractivity contribution in [2.45, 2.75) is 25.3 Å². The number of anilines is 1. The van der Waals surface area contributed by atoms with E-state index in [9.17, 15) is 4.79 Å². The first-order valence-corrected chi connectivity index (χ1v) is 7.32. The quantitative estimate of drug-likeness (QED) is 0.709. The molecule has 0 radical (unpaired) electrons. The lowest BCUT2D eigenvalue weighted by Gasteiger charge is -2.38. The average molecular weight is 256 g/mol. The number of ketones is 1. The lowest BCUT2D eigenvalue weighted by molar-refractivity contribution is -0.120. The van der Waals surface area contributed by atoms with Crippen LogP contribution in [0.5, 0.6) is 0 Å². The molecular formula is C16H20N2O. The van der Waals surface area contributed by atoms with Crippen LogP contribution in [-0.4, -0.2) is 37.4 Å². The third-order valence-electron chi connectivity index (χ3n) is 5.08. The molecule has 1 saturated carbocycles. The second-order valence-corrected chi connectivity index (χ2v) is 6.26. The maximum Gasteiger partial charge on any atom is 0.138 e. The van der Waals surface area contributed by atoms with Crippen LogP contribution in [0.25, 0.3) is 0 Å². The summed E-state index contributed by atoms with van der Waals surface area (Å²) in [7, 11) is 2.18. The van der Waals surface area contributed by atoms with Gasteiger partial charge in [-0.25, -0.2) is 0 Å². The van der Waals surface area contributed by atoms with Gasteiger partial charge in [-0.15, -0.1) is 0 Å². The van der Waals surface area contributed by atoms with E-state index in [1.165, 1.54) is 16.8 Å². The number of rotatable bonds is 0. The number of benzene rings is 1. The predicted octanol–water partition coefficient (Wildman–Crippen LogP) is 2.01. The van der Waals surface area contributed by atoms with E-state index in [4.69, 9.17) is 0 Å². The number of likely N-dealkylation sites (N-methyl/N-ethyl adjacent to an activating group) is 1. The summed E-state index contributed by atoms with van der Waals surface area (Å²) in [5.41, 5.74) is 4.33. The second kappa shape index (κ2) is 4.07. The van der Waals surface area contributed by atoms with Gasteiger partial charge in [-0.2, -0.15) is 0 Å². The fourth-order valence-corrected chi connectivity index (χ4v) is 4.13. The molecule has 1 fully saturated rings. The van der Waals surface area contributed by atoms with Gasteiger partial charge >= 0.3 is 0 Å². The van der Waals surface area contributed by atoms with Gasteiger partial charge < -0.3 is 9.80 Å². The topological polar surface area (TPSA) is 23.6 Å². The Balaban J connectivity index is 1.86. The van der Waals surface area contributed by atoms with E-state index in [1.54, 1.807) is 0 Å². The molecule has 4 rings (SSSR count). The van der Waals surface area contributed by atoms with Gasteiger partial charge in [0.25, 0.3) is 0 Å². The van der Waals surface area contributed by atoms with E-state index in [1.807, 2.05) is 0 Å². The predicted molar refractivity (Wildman–Crippen MR) is 75.5 cm³/mol. The van der Waals surface area contributed by atoms with E-state index in [0.29, 0.717) is 11.7 Å². The number of nitrogens with zero attached hydrogens (tertiary/aromatic N) is 2. The van der Waals surface area contributed by atoms with Gasteiger partial charge in [0.2, 0.25) is 0 Å². The summed E-state index contributed by atoms with van der Waals surface area (Å²) in [5, 5.41) is 0. The summed E-state index contributed by atoms with van der Waals surface area (Å²) in [6.45, 7) is 4.11. The van der Waals surface area contributed by atoms with Gasteiger partial charge in [-0.1, -0.05) is 18.2 Å². The first-order chi connectivity index (χ1) is 9.24. The lowest BCUT2D eigenvalue weighted by atomic mass is 9.82. The number of Topliss-reactive ketones (excluding diaryl/α,β-unsaturated/α-hetero) is 1. The van der Waals surface area contributed by atoms with Crippen LogP contribution in [0.4, 0.5) is 5.69 Å². The maximum atomic E-state index is 12.1. The van der Waals surface area contributed by atoms with Gasteiger partial charge in [0, 0.05) is 44.2 Å². The van der Waals surface area contributed by atoms with Crippen molar-refractivity contribution in [2.75, 3.05) is 31.6 Å². The Hall–Kier alpha value is -1.35. The van der Waals surface area contributed by atoms with Crippen molar-refractivity contribution < 1.29 is 4.79 Å². The van der Waals surface area contributed by atoms with Crippen LogP contribution in [0.2, 0.25) is 0 Å². The van der Waals surface area contributed by atoms with Gasteiger partial charge in [-0.3, -0.25) is 4.79 Å². The maximum absolute atomic E-state index is 12.1. The van der Waals surface area contributed by atoms with Crippen molar-refractivity contribution in [3.63, 3.8) is 0 Å². The Morgan fingerprint density at radius 1 is 1.21 bits per heavy atom. The minimum atomic E-state index is 0.256. The van der Waals surface area contributed by atoms with Crippen LogP contribution in [0.1, 0.15) is 29.9 Å². The molecule has 3 aliphatic rings. The number of fused-ring (bicyclic) bond motifs is 2. The molecule has 100 valence electrons. The smallest absolute Gasteiger partial charge is 0.138 e. The summed E-state index contributed by atoms with van der Waals surface area (Å²) >= 11 is 0. The van der Waals surface area contributed by atoms with Crippen LogP contribution < -0.4 is 4.90 Å². The summed E-state index contributed by atoms with van der Waals surface area (Å²) in [5.74, 6) is 1.23. The van der Waals surface area contributed by atoms with E-state index in [2.05, 4.69) is 35.0 Å². The van der Waals surface area contributed by atoms with Crippen LogP contribution in [0.15, 0.2) is 18.2 Å². The minimum Gasteiger partial charge on any atom is -0.369 e. The lowest BCUT2D eigenvalue weighted by Crippen LogP contribution is -2.40. The molecular weight excluding hydrogens is 236 g/mol. The number of hydrogen-bond donors (Lipinski definition) is 0. The monoisotopic (exact) mass is 256 g/mol. The van der Waals surface area contributed by atoms with Gasteiger partial charge in [0.05, 0.1) is 0 Å². The van der Waals surface area contributed by atoms with Crippen molar-refractivity contribution >= 4 is 11.5 Å². The average Bonchev–Trinajstić information content (AvgIpc) is 2.69. The Bertz CT molecular complexity index is 540. The molecule has 1 aromatic carbocycles.